The Morgan fingerprint density at radius 3 is 2.56 bits per heavy atom. The van der Waals surface area contributed by atoms with Crippen molar-refractivity contribution in [2.24, 2.45) is 5.92 Å². The van der Waals surface area contributed by atoms with Gasteiger partial charge in [0.1, 0.15) is 11.7 Å². The van der Waals surface area contributed by atoms with Crippen LogP contribution in [0.15, 0.2) is 24.3 Å². The Morgan fingerprint density at radius 1 is 1.38 bits per heavy atom. The number of ketones is 1. The highest BCUT2D eigenvalue weighted by atomic mass is 16.5. The van der Waals surface area contributed by atoms with Crippen LogP contribution < -0.4 is 4.74 Å². The van der Waals surface area contributed by atoms with Crippen LogP contribution in [0.3, 0.4) is 0 Å². The molecule has 0 amide bonds. The van der Waals surface area contributed by atoms with E-state index < -0.39 is 11.9 Å². The summed E-state index contributed by atoms with van der Waals surface area (Å²) < 4.78 is 9.76. The van der Waals surface area contributed by atoms with Crippen LogP contribution in [0.1, 0.15) is 16.8 Å². The molecule has 0 bridgehead atoms. The minimum absolute atomic E-state index is 0.176. The largest absolute Gasteiger partial charge is 0.497 e. The maximum atomic E-state index is 11.9. The summed E-state index contributed by atoms with van der Waals surface area (Å²) in [6, 6.07) is 6.72. The van der Waals surface area contributed by atoms with Crippen LogP contribution in [0.2, 0.25) is 0 Å². The van der Waals surface area contributed by atoms with Gasteiger partial charge in [0.05, 0.1) is 13.7 Å². The first-order valence-corrected chi connectivity index (χ1v) is 5.07. The molecule has 1 fully saturated rings. The molecule has 1 aliphatic rings. The van der Waals surface area contributed by atoms with Crippen molar-refractivity contribution in [1.82, 2.24) is 0 Å². The number of carbonyl (C=O) groups excluding carboxylic acids is 2. The van der Waals surface area contributed by atoms with Crippen molar-refractivity contribution in [3.63, 3.8) is 0 Å². The van der Waals surface area contributed by atoms with E-state index in [1.165, 1.54) is 0 Å². The molecule has 0 saturated carbocycles. The molecule has 2 rings (SSSR count). The molecule has 1 aromatic carbocycles. The van der Waals surface area contributed by atoms with E-state index in [1.54, 1.807) is 31.4 Å². The highest BCUT2D eigenvalue weighted by Gasteiger charge is 2.33. The average Bonchev–Trinajstić information content (AvgIpc) is 2.75. The highest BCUT2D eigenvalue weighted by molar-refractivity contribution is 6.09. The zero-order valence-corrected chi connectivity index (χ0v) is 8.93. The highest BCUT2D eigenvalue weighted by Crippen LogP contribution is 2.21. The minimum Gasteiger partial charge on any atom is -0.497 e. The maximum Gasteiger partial charge on any atom is 0.316 e. The van der Waals surface area contributed by atoms with Crippen molar-refractivity contribution in [3.8, 4) is 5.75 Å². The number of hydrogen-bond acceptors (Lipinski definition) is 4. The van der Waals surface area contributed by atoms with Gasteiger partial charge in [0.15, 0.2) is 5.78 Å². The third-order valence-electron chi connectivity index (χ3n) is 2.63. The number of methoxy groups -OCH3 is 1. The van der Waals surface area contributed by atoms with E-state index in [1.807, 2.05) is 0 Å². The number of carbonyl (C=O) groups is 2. The van der Waals surface area contributed by atoms with Gasteiger partial charge in [-0.25, -0.2) is 0 Å². The maximum absolute atomic E-state index is 11.9. The number of hydrogen-bond donors (Lipinski definition) is 0. The number of Topliss-reactive ketones (excluding diaryl/α,β-unsaturated/α-hetero) is 1. The topological polar surface area (TPSA) is 52.6 Å². The molecule has 1 heterocycles. The SMILES string of the molecule is COc1ccc(C(=O)C2CCOC2=O)cc1. The van der Waals surface area contributed by atoms with Gasteiger partial charge in [-0.1, -0.05) is 0 Å². The van der Waals surface area contributed by atoms with Crippen LogP contribution in [-0.2, 0) is 9.53 Å². The molecule has 1 aliphatic heterocycles. The van der Waals surface area contributed by atoms with Crippen molar-refractivity contribution in [2.45, 2.75) is 6.42 Å². The summed E-state index contributed by atoms with van der Waals surface area (Å²) >= 11 is 0. The standard InChI is InChI=1S/C12H12O4/c1-15-9-4-2-8(3-5-9)11(13)10-6-7-16-12(10)14/h2-5,10H,6-7H2,1H3. The lowest BCUT2D eigenvalue weighted by Crippen LogP contribution is -2.19. The van der Waals surface area contributed by atoms with E-state index in [9.17, 15) is 9.59 Å². The van der Waals surface area contributed by atoms with E-state index in [0.29, 0.717) is 24.3 Å². The molecule has 0 spiro atoms. The number of esters is 1. The van der Waals surface area contributed by atoms with E-state index in [-0.39, 0.29) is 5.78 Å². The fourth-order valence-electron chi connectivity index (χ4n) is 1.69. The minimum atomic E-state index is -0.631. The first kappa shape index (κ1) is 10.7. The van der Waals surface area contributed by atoms with Crippen LogP contribution in [0, 0.1) is 5.92 Å². The second kappa shape index (κ2) is 4.35. The lowest BCUT2D eigenvalue weighted by Gasteiger charge is -2.05. The van der Waals surface area contributed by atoms with Crippen molar-refractivity contribution in [3.05, 3.63) is 29.8 Å². The fourth-order valence-corrected chi connectivity index (χ4v) is 1.69. The third-order valence-corrected chi connectivity index (χ3v) is 2.63. The molecule has 0 N–H and O–H groups in total. The summed E-state index contributed by atoms with van der Waals surface area (Å²) in [5.74, 6) is -0.537. The van der Waals surface area contributed by atoms with E-state index >= 15 is 0 Å². The molecular formula is C12H12O4. The molecule has 0 aliphatic carbocycles. The molecule has 4 nitrogen and oxygen atoms in total. The van der Waals surface area contributed by atoms with Gasteiger partial charge < -0.3 is 9.47 Å². The Kier molecular flexibility index (Phi) is 2.90. The van der Waals surface area contributed by atoms with Crippen LogP contribution in [-0.4, -0.2) is 25.5 Å². The molecule has 0 aromatic heterocycles. The molecule has 1 saturated heterocycles. The van der Waals surface area contributed by atoms with E-state index in [2.05, 4.69) is 0 Å². The lowest BCUT2D eigenvalue weighted by molar-refractivity contribution is -0.140. The van der Waals surface area contributed by atoms with Gasteiger partial charge >= 0.3 is 5.97 Å². The van der Waals surface area contributed by atoms with Crippen LogP contribution >= 0.6 is 0 Å². The molecule has 16 heavy (non-hydrogen) atoms. The Bertz CT molecular complexity index is 408. The third kappa shape index (κ3) is 1.91. The van der Waals surface area contributed by atoms with E-state index in [4.69, 9.17) is 9.47 Å². The summed E-state index contributed by atoms with van der Waals surface area (Å²) in [5, 5.41) is 0. The molecule has 1 unspecified atom stereocenters. The molecule has 0 radical (unpaired) electrons. The Balaban J connectivity index is 2.17. The van der Waals surface area contributed by atoms with E-state index in [0.717, 1.165) is 0 Å². The van der Waals surface area contributed by atoms with Crippen molar-refractivity contribution in [1.29, 1.82) is 0 Å². The second-order valence-corrected chi connectivity index (χ2v) is 3.60. The molecule has 4 heteroatoms. The second-order valence-electron chi connectivity index (χ2n) is 3.60. The van der Waals surface area contributed by atoms with Gasteiger partial charge in [-0.3, -0.25) is 9.59 Å². The monoisotopic (exact) mass is 220 g/mol. The van der Waals surface area contributed by atoms with Crippen LogP contribution in [0.25, 0.3) is 0 Å². The molecule has 1 atom stereocenters. The summed E-state index contributed by atoms with van der Waals surface area (Å²) in [6.45, 7) is 0.339. The summed E-state index contributed by atoms with van der Waals surface area (Å²) in [5.41, 5.74) is 0.518. The quantitative estimate of drug-likeness (QED) is 0.439. The van der Waals surface area contributed by atoms with Gasteiger partial charge in [-0.15, -0.1) is 0 Å². The normalized spacial score (nSPS) is 19.3. The van der Waals surface area contributed by atoms with Gasteiger partial charge in [0.2, 0.25) is 0 Å². The zero-order chi connectivity index (χ0) is 11.5. The number of cyclic esters (lactones) is 1. The number of rotatable bonds is 3. The fraction of sp³-hybridized carbons (Fsp3) is 0.333. The van der Waals surface area contributed by atoms with Gasteiger partial charge in [0, 0.05) is 12.0 Å². The molecule has 84 valence electrons. The van der Waals surface area contributed by atoms with Crippen molar-refractivity contribution >= 4 is 11.8 Å². The van der Waals surface area contributed by atoms with Gasteiger partial charge in [0.25, 0.3) is 0 Å². The first-order chi connectivity index (χ1) is 7.72. The van der Waals surface area contributed by atoms with Crippen LogP contribution in [0.5, 0.6) is 5.75 Å². The van der Waals surface area contributed by atoms with Gasteiger partial charge in [-0.2, -0.15) is 0 Å². The number of ether oxygens (including phenoxy) is 2. The summed E-state index contributed by atoms with van der Waals surface area (Å²) in [7, 11) is 1.56. The Morgan fingerprint density at radius 2 is 2.06 bits per heavy atom. The lowest BCUT2D eigenvalue weighted by atomic mass is 9.96. The first-order valence-electron chi connectivity index (χ1n) is 5.07. The zero-order valence-electron chi connectivity index (χ0n) is 8.93. The predicted octanol–water partition coefficient (Wildman–Crippen LogP) is 1.44. The average molecular weight is 220 g/mol. The van der Waals surface area contributed by atoms with Crippen molar-refractivity contribution in [2.75, 3.05) is 13.7 Å². The molecular weight excluding hydrogens is 208 g/mol. The smallest absolute Gasteiger partial charge is 0.316 e. The summed E-state index contributed by atoms with van der Waals surface area (Å²) in [6.07, 6.45) is 0.476. The Hall–Kier alpha value is -1.84. The predicted molar refractivity (Wildman–Crippen MR) is 56.4 cm³/mol. The van der Waals surface area contributed by atoms with Crippen molar-refractivity contribution < 1.29 is 19.1 Å². The Labute approximate surface area is 93.2 Å². The van der Waals surface area contributed by atoms with Crippen LogP contribution in [0.4, 0.5) is 0 Å². The van der Waals surface area contributed by atoms with Gasteiger partial charge in [-0.05, 0) is 24.3 Å². The number of benzene rings is 1. The summed E-state index contributed by atoms with van der Waals surface area (Å²) in [4.78, 5) is 23.2. The molecule has 1 aromatic rings.